The van der Waals surface area contributed by atoms with Crippen molar-refractivity contribution in [1.82, 2.24) is 29.1 Å². The van der Waals surface area contributed by atoms with Crippen molar-refractivity contribution in [1.29, 1.82) is 0 Å². The van der Waals surface area contributed by atoms with E-state index in [1.807, 2.05) is 72.8 Å². The molecule has 0 unspecified atom stereocenters. The molecule has 0 saturated carbocycles. The molecule has 44 heavy (non-hydrogen) atoms. The summed E-state index contributed by atoms with van der Waals surface area (Å²) in [6, 6.07) is 49.7. The summed E-state index contributed by atoms with van der Waals surface area (Å²) in [5.74, 6) is 1.76. The number of para-hydroxylation sites is 3. The fourth-order valence-electron chi connectivity index (χ4n) is 6.19. The highest BCUT2D eigenvalue weighted by molar-refractivity contribution is 6.15. The molecular formula is C38H24N6. The second kappa shape index (κ2) is 9.71. The SMILES string of the molecule is c1ccc(-c2nc(-c3ccccc3)nc(-n3c4ccccc4c4cc5c(nc43)c3ccccc3n5-c3ccccc3)n2)cc1. The maximum absolute atomic E-state index is 5.41. The van der Waals surface area contributed by atoms with Crippen LogP contribution in [0.2, 0.25) is 0 Å². The lowest BCUT2D eigenvalue weighted by Crippen LogP contribution is -2.07. The Morgan fingerprint density at radius 2 is 0.909 bits per heavy atom. The zero-order chi connectivity index (χ0) is 29.0. The van der Waals surface area contributed by atoms with Gasteiger partial charge in [-0.1, -0.05) is 115 Å². The smallest absolute Gasteiger partial charge is 0.240 e. The first-order chi connectivity index (χ1) is 21.8. The van der Waals surface area contributed by atoms with Gasteiger partial charge in [-0.05, 0) is 30.3 Å². The van der Waals surface area contributed by atoms with Gasteiger partial charge in [-0.15, -0.1) is 0 Å². The van der Waals surface area contributed by atoms with E-state index in [0.717, 1.165) is 60.7 Å². The predicted octanol–water partition coefficient (Wildman–Crippen LogP) is 8.79. The Kier molecular flexibility index (Phi) is 5.40. The minimum Gasteiger partial charge on any atom is -0.308 e. The third-order valence-corrected chi connectivity index (χ3v) is 8.17. The van der Waals surface area contributed by atoms with Gasteiger partial charge in [0, 0.05) is 33.0 Å². The lowest BCUT2D eigenvalue weighted by molar-refractivity contribution is 0.946. The van der Waals surface area contributed by atoms with Crippen molar-refractivity contribution in [2.45, 2.75) is 0 Å². The van der Waals surface area contributed by atoms with Crippen LogP contribution >= 0.6 is 0 Å². The number of nitrogens with zero attached hydrogens (tertiary/aromatic N) is 6. The van der Waals surface area contributed by atoms with Crippen LogP contribution in [-0.4, -0.2) is 29.1 Å². The first-order valence-corrected chi connectivity index (χ1v) is 14.6. The topological polar surface area (TPSA) is 61.4 Å². The molecule has 9 rings (SSSR count). The molecule has 4 heterocycles. The summed E-state index contributed by atoms with van der Waals surface area (Å²) >= 11 is 0. The average molecular weight is 565 g/mol. The Bertz CT molecular complexity index is 2420. The Morgan fingerprint density at radius 3 is 1.55 bits per heavy atom. The van der Waals surface area contributed by atoms with E-state index in [1.165, 1.54) is 0 Å². The van der Waals surface area contributed by atoms with Crippen LogP contribution in [0.3, 0.4) is 0 Å². The van der Waals surface area contributed by atoms with E-state index in [1.54, 1.807) is 0 Å². The van der Waals surface area contributed by atoms with E-state index in [2.05, 4.69) is 81.9 Å². The van der Waals surface area contributed by atoms with E-state index in [4.69, 9.17) is 19.9 Å². The van der Waals surface area contributed by atoms with E-state index in [9.17, 15) is 0 Å². The van der Waals surface area contributed by atoms with Crippen molar-refractivity contribution in [3.8, 4) is 34.4 Å². The van der Waals surface area contributed by atoms with Gasteiger partial charge in [0.15, 0.2) is 11.6 Å². The largest absolute Gasteiger partial charge is 0.308 e. The maximum Gasteiger partial charge on any atom is 0.240 e. The molecule has 0 fully saturated rings. The molecule has 0 radical (unpaired) electrons. The van der Waals surface area contributed by atoms with Gasteiger partial charge in [-0.25, -0.2) is 9.97 Å². The van der Waals surface area contributed by atoms with Crippen LogP contribution in [0.1, 0.15) is 0 Å². The first-order valence-electron chi connectivity index (χ1n) is 14.6. The number of benzene rings is 5. The number of pyridine rings is 1. The minimum absolute atomic E-state index is 0.530. The minimum atomic E-state index is 0.530. The number of hydrogen-bond acceptors (Lipinski definition) is 4. The van der Waals surface area contributed by atoms with Gasteiger partial charge >= 0.3 is 0 Å². The molecule has 0 aliphatic heterocycles. The lowest BCUT2D eigenvalue weighted by atomic mass is 10.2. The molecule has 0 bridgehead atoms. The van der Waals surface area contributed by atoms with Crippen LogP contribution < -0.4 is 0 Å². The Labute approximate surface area is 252 Å². The standard InChI is InChI=1S/C38H24N6/c1-4-14-25(15-5-1)35-40-36(26-16-6-2-7-17-26)42-38(41-35)44-31-22-12-10-20-28(31)30-24-33-34(39-37(30)44)29-21-11-13-23-32(29)43(33)27-18-8-3-9-19-27/h1-24H. The molecule has 6 nitrogen and oxygen atoms in total. The molecule has 5 aromatic carbocycles. The molecule has 0 aliphatic carbocycles. The summed E-state index contributed by atoms with van der Waals surface area (Å²) in [5, 5.41) is 3.22. The Hall–Kier alpha value is -6.14. The second-order valence-corrected chi connectivity index (χ2v) is 10.8. The van der Waals surface area contributed by atoms with E-state index >= 15 is 0 Å². The Morgan fingerprint density at radius 1 is 0.386 bits per heavy atom. The van der Waals surface area contributed by atoms with Crippen molar-refractivity contribution in [3.63, 3.8) is 0 Å². The monoisotopic (exact) mass is 564 g/mol. The lowest BCUT2D eigenvalue weighted by Gasteiger charge is -2.10. The van der Waals surface area contributed by atoms with Crippen molar-refractivity contribution >= 4 is 43.9 Å². The number of rotatable bonds is 4. The molecule has 0 spiro atoms. The average Bonchev–Trinajstić information content (AvgIpc) is 3.60. The zero-order valence-electron chi connectivity index (χ0n) is 23.5. The summed E-state index contributed by atoms with van der Waals surface area (Å²) in [7, 11) is 0. The van der Waals surface area contributed by atoms with Gasteiger partial charge in [0.1, 0.15) is 5.65 Å². The molecule has 0 saturated heterocycles. The number of hydrogen-bond donors (Lipinski definition) is 0. The highest BCUT2D eigenvalue weighted by Gasteiger charge is 2.21. The fourth-order valence-corrected chi connectivity index (χ4v) is 6.19. The quantitative estimate of drug-likeness (QED) is 0.214. The van der Waals surface area contributed by atoms with Crippen LogP contribution in [-0.2, 0) is 0 Å². The highest BCUT2D eigenvalue weighted by atomic mass is 15.2. The molecule has 0 aliphatic rings. The zero-order valence-corrected chi connectivity index (χ0v) is 23.5. The molecule has 9 aromatic rings. The number of fused-ring (bicyclic) bond motifs is 6. The third kappa shape index (κ3) is 3.75. The summed E-state index contributed by atoms with van der Waals surface area (Å²) in [5.41, 5.74) is 7.84. The molecule has 0 N–H and O–H groups in total. The van der Waals surface area contributed by atoms with Gasteiger partial charge in [0.2, 0.25) is 5.95 Å². The van der Waals surface area contributed by atoms with Crippen LogP contribution in [0, 0.1) is 0 Å². The summed E-state index contributed by atoms with van der Waals surface area (Å²) in [4.78, 5) is 20.4. The van der Waals surface area contributed by atoms with E-state index in [-0.39, 0.29) is 0 Å². The van der Waals surface area contributed by atoms with Crippen LogP contribution in [0.5, 0.6) is 0 Å². The Balaban J connectivity index is 1.40. The third-order valence-electron chi connectivity index (χ3n) is 8.17. The summed E-state index contributed by atoms with van der Waals surface area (Å²) < 4.78 is 4.38. The first kappa shape index (κ1) is 24.5. The number of aromatic nitrogens is 6. The second-order valence-electron chi connectivity index (χ2n) is 10.8. The van der Waals surface area contributed by atoms with Crippen LogP contribution in [0.15, 0.2) is 146 Å². The van der Waals surface area contributed by atoms with Gasteiger partial charge in [0.25, 0.3) is 0 Å². The molecular weight excluding hydrogens is 540 g/mol. The molecule has 4 aromatic heterocycles. The molecule has 0 atom stereocenters. The van der Waals surface area contributed by atoms with Gasteiger partial charge in [-0.2, -0.15) is 9.97 Å². The molecule has 206 valence electrons. The molecule has 6 heteroatoms. The summed E-state index contributed by atoms with van der Waals surface area (Å²) in [6.07, 6.45) is 0. The van der Waals surface area contributed by atoms with Crippen molar-refractivity contribution in [2.24, 2.45) is 0 Å². The van der Waals surface area contributed by atoms with Crippen molar-refractivity contribution < 1.29 is 0 Å². The maximum atomic E-state index is 5.41. The predicted molar refractivity (Wildman–Crippen MR) is 177 cm³/mol. The van der Waals surface area contributed by atoms with Crippen molar-refractivity contribution in [2.75, 3.05) is 0 Å². The fraction of sp³-hybridized carbons (Fsp3) is 0. The van der Waals surface area contributed by atoms with Crippen LogP contribution in [0.4, 0.5) is 0 Å². The highest BCUT2D eigenvalue weighted by Crippen LogP contribution is 2.37. The van der Waals surface area contributed by atoms with Gasteiger partial charge in [0.05, 0.1) is 22.1 Å². The summed E-state index contributed by atoms with van der Waals surface area (Å²) in [6.45, 7) is 0. The normalized spacial score (nSPS) is 11.6. The van der Waals surface area contributed by atoms with Gasteiger partial charge < -0.3 is 4.57 Å². The van der Waals surface area contributed by atoms with Crippen LogP contribution in [0.25, 0.3) is 78.3 Å². The van der Waals surface area contributed by atoms with E-state index in [0.29, 0.717) is 17.6 Å². The van der Waals surface area contributed by atoms with Gasteiger partial charge in [-0.3, -0.25) is 4.57 Å². The molecule has 0 amide bonds. The van der Waals surface area contributed by atoms with Crippen molar-refractivity contribution in [3.05, 3.63) is 146 Å². The van der Waals surface area contributed by atoms with E-state index < -0.39 is 0 Å².